The molecule has 0 aliphatic carbocycles. The van der Waals surface area contributed by atoms with Gasteiger partial charge in [-0.2, -0.15) is 0 Å². The second kappa shape index (κ2) is 7.89. The zero-order valence-electron chi connectivity index (χ0n) is 14.4. The maximum atomic E-state index is 4.52. The predicted octanol–water partition coefficient (Wildman–Crippen LogP) is 5.91. The second-order valence-corrected chi connectivity index (χ2v) is 8.28. The van der Waals surface area contributed by atoms with Gasteiger partial charge in [0.1, 0.15) is 0 Å². The molecule has 26 heavy (non-hydrogen) atoms. The summed E-state index contributed by atoms with van der Waals surface area (Å²) in [6, 6.07) is 25.2. The highest BCUT2D eigenvalue weighted by molar-refractivity contribution is 7.99. The summed E-state index contributed by atoms with van der Waals surface area (Å²) in [7, 11) is 0. The van der Waals surface area contributed by atoms with Crippen molar-refractivity contribution in [3.05, 3.63) is 89.3 Å². The van der Waals surface area contributed by atoms with Crippen molar-refractivity contribution >= 4 is 23.1 Å². The van der Waals surface area contributed by atoms with E-state index in [9.17, 15) is 0 Å². The van der Waals surface area contributed by atoms with Crippen LogP contribution in [-0.4, -0.2) is 14.8 Å². The van der Waals surface area contributed by atoms with Gasteiger partial charge in [0.25, 0.3) is 0 Å². The standard InChI is InChI=1S/C21H19N3S2/c1-16(18-11-6-3-7-12-18)26-21-23-22-20(19-13-8-14-25-19)24(21)15-17-9-4-2-5-10-17/h2-14,16H,15H2,1H3. The zero-order valence-corrected chi connectivity index (χ0v) is 16.1. The Balaban J connectivity index is 1.68. The lowest BCUT2D eigenvalue weighted by Gasteiger charge is -2.13. The first kappa shape index (κ1) is 17.1. The Morgan fingerprint density at radius 3 is 2.35 bits per heavy atom. The van der Waals surface area contributed by atoms with Gasteiger partial charge in [-0.25, -0.2) is 0 Å². The molecule has 1 atom stereocenters. The summed E-state index contributed by atoms with van der Waals surface area (Å²) < 4.78 is 2.23. The van der Waals surface area contributed by atoms with Gasteiger partial charge in [0.15, 0.2) is 11.0 Å². The topological polar surface area (TPSA) is 30.7 Å². The van der Waals surface area contributed by atoms with E-state index in [1.165, 1.54) is 11.1 Å². The minimum absolute atomic E-state index is 0.311. The van der Waals surface area contributed by atoms with Crippen LogP contribution in [0, 0.1) is 0 Å². The van der Waals surface area contributed by atoms with Gasteiger partial charge in [0.05, 0.1) is 11.4 Å². The average Bonchev–Trinajstić information content (AvgIpc) is 3.34. The first-order chi connectivity index (χ1) is 12.8. The van der Waals surface area contributed by atoms with E-state index in [2.05, 4.69) is 87.7 Å². The Bertz CT molecular complexity index is 948. The molecule has 0 N–H and O–H groups in total. The molecular weight excluding hydrogens is 358 g/mol. The molecule has 4 aromatic rings. The Morgan fingerprint density at radius 2 is 1.65 bits per heavy atom. The quantitative estimate of drug-likeness (QED) is 0.391. The molecule has 0 amide bonds. The minimum Gasteiger partial charge on any atom is -0.297 e. The van der Waals surface area contributed by atoms with Gasteiger partial charge >= 0.3 is 0 Å². The van der Waals surface area contributed by atoms with Gasteiger partial charge in [0.2, 0.25) is 0 Å². The fraction of sp³-hybridized carbons (Fsp3) is 0.143. The largest absolute Gasteiger partial charge is 0.297 e. The lowest BCUT2D eigenvalue weighted by Crippen LogP contribution is -2.04. The molecule has 0 saturated carbocycles. The predicted molar refractivity (Wildman–Crippen MR) is 110 cm³/mol. The summed E-state index contributed by atoms with van der Waals surface area (Å²) in [4.78, 5) is 1.15. The third-order valence-corrected chi connectivity index (χ3v) is 6.20. The van der Waals surface area contributed by atoms with Crippen LogP contribution in [0.15, 0.2) is 83.3 Å². The second-order valence-electron chi connectivity index (χ2n) is 6.03. The number of rotatable bonds is 6. The normalized spacial score (nSPS) is 12.2. The van der Waals surface area contributed by atoms with Gasteiger partial charge in [-0.05, 0) is 29.5 Å². The van der Waals surface area contributed by atoms with Gasteiger partial charge in [-0.15, -0.1) is 21.5 Å². The number of nitrogens with zero attached hydrogens (tertiary/aromatic N) is 3. The number of thiophene rings is 1. The van der Waals surface area contributed by atoms with Crippen LogP contribution < -0.4 is 0 Å². The fourth-order valence-electron chi connectivity index (χ4n) is 2.82. The number of benzene rings is 2. The maximum Gasteiger partial charge on any atom is 0.192 e. The molecule has 3 nitrogen and oxygen atoms in total. The van der Waals surface area contributed by atoms with E-state index in [4.69, 9.17) is 0 Å². The smallest absolute Gasteiger partial charge is 0.192 e. The van der Waals surface area contributed by atoms with Crippen LogP contribution in [0.25, 0.3) is 10.7 Å². The molecule has 0 saturated heterocycles. The molecule has 5 heteroatoms. The van der Waals surface area contributed by atoms with Gasteiger partial charge < -0.3 is 0 Å². The van der Waals surface area contributed by atoms with Crippen molar-refractivity contribution in [1.82, 2.24) is 14.8 Å². The fourth-order valence-corrected chi connectivity index (χ4v) is 4.52. The van der Waals surface area contributed by atoms with E-state index in [-0.39, 0.29) is 0 Å². The van der Waals surface area contributed by atoms with Crippen LogP contribution in [0.5, 0.6) is 0 Å². The molecule has 0 spiro atoms. The molecule has 0 aliphatic rings. The minimum atomic E-state index is 0.311. The van der Waals surface area contributed by atoms with Gasteiger partial charge in [-0.3, -0.25) is 4.57 Å². The number of aromatic nitrogens is 3. The lowest BCUT2D eigenvalue weighted by molar-refractivity contribution is 0.713. The molecule has 0 bridgehead atoms. The molecular formula is C21H19N3S2. The first-order valence-electron chi connectivity index (χ1n) is 8.54. The average molecular weight is 378 g/mol. The molecule has 2 heterocycles. The molecule has 0 radical (unpaired) electrons. The Labute approximate surface area is 161 Å². The highest BCUT2D eigenvalue weighted by atomic mass is 32.2. The zero-order chi connectivity index (χ0) is 17.8. The van der Waals surface area contributed by atoms with Crippen molar-refractivity contribution < 1.29 is 0 Å². The van der Waals surface area contributed by atoms with E-state index in [0.717, 1.165) is 22.4 Å². The summed E-state index contributed by atoms with van der Waals surface area (Å²) >= 11 is 3.45. The van der Waals surface area contributed by atoms with Crippen LogP contribution in [0.1, 0.15) is 23.3 Å². The monoisotopic (exact) mass is 377 g/mol. The number of hydrogen-bond donors (Lipinski definition) is 0. The van der Waals surface area contributed by atoms with Crippen molar-refractivity contribution in [3.8, 4) is 10.7 Å². The van der Waals surface area contributed by atoms with Crippen LogP contribution in [0.2, 0.25) is 0 Å². The third kappa shape index (κ3) is 3.74. The third-order valence-electron chi connectivity index (χ3n) is 4.19. The van der Waals surface area contributed by atoms with E-state index in [0.29, 0.717) is 5.25 Å². The molecule has 2 aromatic heterocycles. The van der Waals surface area contributed by atoms with Gasteiger partial charge in [-0.1, -0.05) is 78.5 Å². The summed E-state index contributed by atoms with van der Waals surface area (Å²) in [5.41, 5.74) is 2.55. The molecule has 130 valence electrons. The van der Waals surface area contributed by atoms with Crippen molar-refractivity contribution in [3.63, 3.8) is 0 Å². The van der Waals surface area contributed by atoms with Crippen LogP contribution in [0.4, 0.5) is 0 Å². The highest BCUT2D eigenvalue weighted by Crippen LogP contribution is 2.36. The Hall–Kier alpha value is -2.37. The van der Waals surface area contributed by atoms with Crippen LogP contribution in [-0.2, 0) is 6.54 Å². The SMILES string of the molecule is CC(Sc1nnc(-c2cccs2)n1Cc1ccccc1)c1ccccc1. The summed E-state index contributed by atoms with van der Waals surface area (Å²) in [6.45, 7) is 2.98. The Kier molecular flexibility index (Phi) is 5.18. The van der Waals surface area contributed by atoms with E-state index < -0.39 is 0 Å². The van der Waals surface area contributed by atoms with Crippen LogP contribution >= 0.6 is 23.1 Å². The summed E-state index contributed by atoms with van der Waals surface area (Å²) in [5.74, 6) is 0.937. The van der Waals surface area contributed by atoms with Crippen molar-refractivity contribution in [1.29, 1.82) is 0 Å². The molecule has 4 rings (SSSR count). The van der Waals surface area contributed by atoms with Gasteiger partial charge in [0, 0.05) is 5.25 Å². The van der Waals surface area contributed by atoms with Crippen molar-refractivity contribution in [2.24, 2.45) is 0 Å². The first-order valence-corrected chi connectivity index (χ1v) is 10.3. The molecule has 0 fully saturated rings. The maximum absolute atomic E-state index is 4.52. The summed E-state index contributed by atoms with van der Waals surface area (Å²) in [6.07, 6.45) is 0. The van der Waals surface area contributed by atoms with Crippen LogP contribution in [0.3, 0.4) is 0 Å². The number of thioether (sulfide) groups is 1. The van der Waals surface area contributed by atoms with E-state index >= 15 is 0 Å². The summed E-state index contributed by atoms with van der Waals surface area (Å²) in [5, 5.41) is 12.4. The van der Waals surface area contributed by atoms with Crippen molar-refractivity contribution in [2.45, 2.75) is 23.9 Å². The molecule has 0 aliphatic heterocycles. The Morgan fingerprint density at radius 1 is 0.923 bits per heavy atom. The van der Waals surface area contributed by atoms with E-state index in [1.807, 2.05) is 12.1 Å². The van der Waals surface area contributed by atoms with E-state index in [1.54, 1.807) is 23.1 Å². The van der Waals surface area contributed by atoms with Crippen molar-refractivity contribution in [2.75, 3.05) is 0 Å². The lowest BCUT2D eigenvalue weighted by atomic mass is 10.2. The molecule has 1 unspecified atom stereocenters. The highest BCUT2D eigenvalue weighted by Gasteiger charge is 2.18. The molecule has 2 aromatic carbocycles. The number of hydrogen-bond acceptors (Lipinski definition) is 4.